The van der Waals surface area contributed by atoms with Crippen molar-refractivity contribution in [2.45, 2.75) is 424 Å². The minimum atomic E-state index is 0.171. The predicted molar refractivity (Wildman–Crippen MR) is 510 cm³/mol. The quantitative estimate of drug-likeness (QED) is 0.0623. The Bertz CT molecular complexity index is 2300. The zero-order chi connectivity index (χ0) is 86.6. The number of nitrogens with one attached hydrogen (secondary N) is 6. The Hall–Kier alpha value is -1.43. The highest BCUT2D eigenvalue weighted by Gasteiger charge is 2.28. The molecule has 115 heavy (non-hydrogen) atoms. The first kappa shape index (κ1) is 112. The Kier molecular flexibility index (Phi) is 62.4. The van der Waals surface area contributed by atoms with Crippen LogP contribution in [0.15, 0.2) is 12.5 Å². The maximum absolute atomic E-state index is 4.05. The molecule has 0 bridgehead atoms. The van der Waals surface area contributed by atoms with Crippen LogP contribution in [0.25, 0.3) is 0 Å². The second-order valence-corrected chi connectivity index (χ2v) is 41.4. The van der Waals surface area contributed by atoms with E-state index in [0.29, 0.717) is 36.4 Å². The number of piperidine rings is 4. The van der Waals surface area contributed by atoms with Gasteiger partial charge in [0.25, 0.3) is 0 Å². The predicted octanol–water partition coefficient (Wildman–Crippen LogP) is 17.2. The summed E-state index contributed by atoms with van der Waals surface area (Å²) >= 11 is 0. The molecule has 1 aliphatic carbocycles. The van der Waals surface area contributed by atoms with Crippen molar-refractivity contribution in [1.29, 1.82) is 0 Å². The number of aryl methyl sites for hydroxylation is 1. The van der Waals surface area contributed by atoms with E-state index in [1.165, 1.54) is 265 Å². The van der Waals surface area contributed by atoms with Crippen LogP contribution in [-0.4, -0.2) is 314 Å². The molecule has 18 heteroatoms. The van der Waals surface area contributed by atoms with E-state index in [0.717, 1.165) is 86.2 Å². The standard InChI is InChI=1S/C11H24N2.3C10H22N2.2C10H21N.C9H17N3.2C9H20N2.C9H19N/c1-5-13-8-6-7-10(13)9-12-11(2,3)4;1-9(2)11-8-10-6-4-5-7-12(10)3;1-10(2)11-6-9-12-7-4-3-5-8-12;1-4-5-11-6-8-12(9-7-11)10(2)3;1-8(2)11-6-9(3)5-10(4)7-11;1-8(2)11-10-6-4-9(3)5-7-10;1-9(2,3)11-6-8-5-10-7-12(8)4;1-8(2)11(4)9-6-5-7-10(9)3;1-8(2)10-9-5-4-6-11(3)7-9;1-9(2)10-7-5-3-4-6-8-10/h10,12H,5-9H2,1-4H3;9-11H,4-8H2,1-3H3;10-11H,3-9H2,1-2H3;10H,4-9H2,1-3H3;8-10H,5-7H2,1-4H3;8-11H,4-7H2,1-3H3;5,7,11H,6H2,1-4H3;8-9H,5-7H2,1-4H3;8-10H,4-7H2,1-3H3;9H,3-8H2,1-2H3. The highest BCUT2D eigenvalue weighted by atomic mass is 15.4. The fourth-order valence-electron chi connectivity index (χ4n) is 17.3. The van der Waals surface area contributed by atoms with Gasteiger partial charge in [0.1, 0.15) is 0 Å². The molecule has 0 amide bonds. The van der Waals surface area contributed by atoms with E-state index in [4.69, 9.17) is 0 Å². The van der Waals surface area contributed by atoms with Crippen LogP contribution in [0.2, 0.25) is 0 Å². The summed E-state index contributed by atoms with van der Waals surface area (Å²) in [5.41, 5.74) is 1.65. The summed E-state index contributed by atoms with van der Waals surface area (Å²) in [6.07, 6.45) is 35.0. The zero-order valence-corrected chi connectivity index (χ0v) is 83.4. The summed E-state index contributed by atoms with van der Waals surface area (Å²) in [5.74, 6) is 2.78. The van der Waals surface area contributed by atoms with Crippen molar-refractivity contribution in [2.75, 3.05) is 166 Å². The number of rotatable bonds is 23. The average Bonchev–Trinajstić information content (AvgIpc) is 1.87. The molecular weight excluding hydrogens is 1420 g/mol. The number of hydrogen-bond acceptors (Lipinski definition) is 17. The van der Waals surface area contributed by atoms with Gasteiger partial charge >= 0.3 is 0 Å². The van der Waals surface area contributed by atoms with Crippen LogP contribution in [0.4, 0.5) is 0 Å². The second-order valence-electron chi connectivity index (χ2n) is 41.4. The molecule has 6 N–H and O–H groups in total. The first-order valence-corrected chi connectivity index (χ1v) is 48.8. The monoisotopic (exact) mass is 1630 g/mol. The number of likely N-dealkylation sites (tertiary alicyclic amines) is 7. The van der Waals surface area contributed by atoms with Gasteiger partial charge in [0.2, 0.25) is 0 Å². The van der Waals surface area contributed by atoms with Gasteiger partial charge in [-0.1, -0.05) is 116 Å². The van der Waals surface area contributed by atoms with Gasteiger partial charge in [0.05, 0.1) is 18.2 Å². The van der Waals surface area contributed by atoms with Gasteiger partial charge in [0.15, 0.2) is 0 Å². The number of likely N-dealkylation sites (N-methyl/N-ethyl adjacent to an activating group) is 3. The maximum atomic E-state index is 4.05. The number of piperazine rings is 1. The molecule has 0 spiro atoms. The van der Waals surface area contributed by atoms with E-state index >= 15 is 0 Å². The molecule has 10 rings (SSSR count). The fourth-order valence-corrected chi connectivity index (χ4v) is 17.3. The van der Waals surface area contributed by atoms with Crippen molar-refractivity contribution in [3.63, 3.8) is 0 Å². The molecule has 6 atom stereocenters. The smallest absolute Gasteiger partial charge is 0.0945 e. The zero-order valence-electron chi connectivity index (χ0n) is 83.4. The van der Waals surface area contributed by atoms with Crippen molar-refractivity contribution in [2.24, 2.45) is 24.8 Å². The van der Waals surface area contributed by atoms with Gasteiger partial charge in [-0.2, -0.15) is 0 Å². The number of hydrogen-bond donors (Lipinski definition) is 6. The molecule has 1 aromatic heterocycles. The van der Waals surface area contributed by atoms with Crippen molar-refractivity contribution < 1.29 is 0 Å². The fraction of sp³-hybridized carbons (Fsp3) is 0.969. The van der Waals surface area contributed by atoms with E-state index in [1.807, 2.05) is 24.1 Å². The highest BCUT2D eigenvalue weighted by Crippen LogP contribution is 2.25. The van der Waals surface area contributed by atoms with Crippen LogP contribution in [0.1, 0.15) is 334 Å². The van der Waals surface area contributed by atoms with Crippen LogP contribution in [0.3, 0.4) is 0 Å². The average molecular weight is 1630 g/mol. The third-order valence-corrected chi connectivity index (χ3v) is 24.8. The number of imidazole rings is 1. The molecule has 9 aliphatic rings. The van der Waals surface area contributed by atoms with Crippen LogP contribution in [0, 0.1) is 17.8 Å². The summed E-state index contributed by atoms with van der Waals surface area (Å²) < 4.78 is 2.03. The van der Waals surface area contributed by atoms with Crippen LogP contribution >= 0.6 is 0 Å². The van der Waals surface area contributed by atoms with Gasteiger partial charge in [-0.15, -0.1) is 0 Å². The van der Waals surface area contributed by atoms with Crippen molar-refractivity contribution >= 4 is 0 Å². The summed E-state index contributed by atoms with van der Waals surface area (Å²) in [7, 11) is 10.9. The van der Waals surface area contributed by atoms with E-state index in [9.17, 15) is 0 Å². The van der Waals surface area contributed by atoms with E-state index < -0.39 is 0 Å². The van der Waals surface area contributed by atoms with Gasteiger partial charge in [-0.3, -0.25) is 19.6 Å². The van der Waals surface area contributed by atoms with Gasteiger partial charge < -0.3 is 65.9 Å². The largest absolute Gasteiger partial charge is 0.337 e. The molecule has 8 saturated heterocycles. The third-order valence-electron chi connectivity index (χ3n) is 24.8. The highest BCUT2D eigenvalue weighted by molar-refractivity contribution is 4.98. The minimum Gasteiger partial charge on any atom is -0.337 e. The molecule has 18 nitrogen and oxygen atoms in total. The van der Waals surface area contributed by atoms with E-state index in [1.54, 1.807) is 0 Å². The topological polar surface area (TPSA) is 122 Å². The lowest BCUT2D eigenvalue weighted by atomic mass is 9.87. The first-order valence-electron chi connectivity index (χ1n) is 48.8. The van der Waals surface area contributed by atoms with Gasteiger partial charge in [-0.25, -0.2) is 4.98 Å². The lowest BCUT2D eigenvalue weighted by Gasteiger charge is -2.37. The number of nitrogens with zero attached hydrogens (tertiary/aromatic N) is 12. The Morgan fingerprint density at radius 1 is 0.443 bits per heavy atom. The van der Waals surface area contributed by atoms with Crippen molar-refractivity contribution in [3.05, 3.63) is 18.2 Å². The molecule has 0 radical (unpaired) electrons. The first-order chi connectivity index (χ1) is 54.1. The van der Waals surface area contributed by atoms with Crippen LogP contribution in [0.5, 0.6) is 0 Å². The van der Waals surface area contributed by atoms with Gasteiger partial charge in [-0.05, 0) is 324 Å². The van der Waals surface area contributed by atoms with Crippen molar-refractivity contribution in [1.82, 2.24) is 90.5 Å². The van der Waals surface area contributed by atoms with Crippen LogP contribution < -0.4 is 31.9 Å². The Morgan fingerprint density at radius 3 is 1.41 bits per heavy atom. The lowest BCUT2D eigenvalue weighted by molar-refractivity contribution is 0.0926. The molecule has 1 aromatic rings. The molecule has 9 fully saturated rings. The molecule has 9 heterocycles. The van der Waals surface area contributed by atoms with Crippen molar-refractivity contribution in [3.8, 4) is 0 Å². The molecule has 1 saturated carbocycles. The summed E-state index contributed by atoms with van der Waals surface area (Å²) in [6.45, 7) is 88.2. The molecule has 0 aromatic carbocycles. The summed E-state index contributed by atoms with van der Waals surface area (Å²) in [5, 5.41) is 21.1. The Labute approximate surface area is 719 Å². The maximum Gasteiger partial charge on any atom is 0.0945 e. The van der Waals surface area contributed by atoms with Crippen LogP contribution in [-0.2, 0) is 13.6 Å². The Morgan fingerprint density at radius 2 is 0.939 bits per heavy atom. The summed E-state index contributed by atoms with van der Waals surface area (Å²) in [4.78, 5) is 29.3. The lowest BCUT2D eigenvalue weighted by Crippen LogP contribution is -2.48. The molecule has 686 valence electrons. The normalized spacial score (nSPS) is 25.0. The van der Waals surface area contributed by atoms with Gasteiger partial charge in [0, 0.05) is 175 Å². The number of aromatic nitrogens is 2. The molecule has 6 unspecified atom stereocenters. The second kappa shape index (κ2) is 64.3. The van der Waals surface area contributed by atoms with E-state index in [-0.39, 0.29) is 11.1 Å². The SMILES string of the molecule is CC(C)N(C)C1CCCN1C.CC(C)N1CCCCCC1.CC(C)NC1CCCN(C)C1.CC(C)NCC1CCCCN1C.CC(C)NCCN1CCCCC1.CC1CC(C)CN(C(C)C)C1.CC1CCC(NC(C)C)CC1.CCCN1CCN(C(C)C)CC1.CCN1CCCC1CNC(C)(C)C.Cn1cncc1CNC(C)(C)C. The minimum absolute atomic E-state index is 0.171. The third kappa shape index (κ3) is 57.6. The Balaban J connectivity index is 0.000000639. The summed E-state index contributed by atoms with van der Waals surface area (Å²) in [6, 6.07) is 8.55. The van der Waals surface area contributed by atoms with E-state index in [2.05, 4.69) is 301 Å². The molecular formula is C97H208N18. The molecule has 8 aliphatic heterocycles.